The number of carbonyl (C=O) groups excluding carboxylic acids is 2. The third kappa shape index (κ3) is 4.88. The molecule has 0 aromatic heterocycles. The molecule has 2 aromatic rings. The van der Waals surface area contributed by atoms with E-state index in [2.05, 4.69) is 10.0 Å². The first-order chi connectivity index (χ1) is 16.2. The van der Waals surface area contributed by atoms with Crippen molar-refractivity contribution >= 4 is 27.5 Å². The Bertz CT molecular complexity index is 1210. The first-order valence-electron chi connectivity index (χ1n) is 11.3. The molecule has 0 bridgehead atoms. The van der Waals surface area contributed by atoms with E-state index in [1.165, 1.54) is 6.07 Å². The van der Waals surface area contributed by atoms with E-state index in [-0.39, 0.29) is 30.1 Å². The van der Waals surface area contributed by atoms with Crippen LogP contribution in [0, 0.1) is 5.92 Å². The van der Waals surface area contributed by atoms with Crippen LogP contribution in [0.15, 0.2) is 41.3 Å². The minimum atomic E-state index is -3.96. The van der Waals surface area contributed by atoms with Crippen LogP contribution in [0.4, 0.5) is 5.69 Å². The highest BCUT2D eigenvalue weighted by Crippen LogP contribution is 2.33. The first kappa shape index (κ1) is 24.0. The number of benzene rings is 2. The van der Waals surface area contributed by atoms with E-state index < -0.39 is 22.0 Å². The summed E-state index contributed by atoms with van der Waals surface area (Å²) < 4.78 is 39.5. The number of fused-ring (bicyclic) bond motifs is 2. The van der Waals surface area contributed by atoms with Crippen LogP contribution in [0.2, 0.25) is 0 Å². The highest BCUT2D eigenvalue weighted by Gasteiger charge is 2.30. The highest BCUT2D eigenvalue weighted by molar-refractivity contribution is 7.89. The summed E-state index contributed by atoms with van der Waals surface area (Å²) in [4.78, 5) is 26.8. The Kier molecular flexibility index (Phi) is 6.81. The van der Waals surface area contributed by atoms with Gasteiger partial charge >= 0.3 is 0 Å². The Morgan fingerprint density at radius 1 is 1.09 bits per heavy atom. The van der Waals surface area contributed by atoms with Crippen LogP contribution in [0.1, 0.15) is 38.3 Å². The molecule has 4 rings (SSSR count). The fraction of sp³-hybridized carbons (Fsp3) is 0.417. The minimum absolute atomic E-state index is 0.00600. The molecule has 9 nitrogen and oxygen atoms in total. The molecular formula is C24H29N3O6S. The summed E-state index contributed by atoms with van der Waals surface area (Å²) >= 11 is 0. The lowest BCUT2D eigenvalue weighted by Gasteiger charge is -2.22. The zero-order valence-electron chi connectivity index (χ0n) is 19.5. The number of ether oxygens (including phenoxy) is 2. The van der Waals surface area contributed by atoms with Gasteiger partial charge in [-0.15, -0.1) is 0 Å². The van der Waals surface area contributed by atoms with Crippen LogP contribution in [0.3, 0.4) is 0 Å². The SMILES string of the molecule is CCC(=O)N1CCc2cc(S(=O)(=O)N[C@@H](C(=O)NCc3ccc4c(c3)OCO4)C(C)C)ccc21. The smallest absolute Gasteiger partial charge is 0.241 e. The van der Waals surface area contributed by atoms with Gasteiger partial charge in [0.05, 0.1) is 4.90 Å². The van der Waals surface area contributed by atoms with Crippen molar-refractivity contribution in [2.45, 2.75) is 51.1 Å². The van der Waals surface area contributed by atoms with Crippen molar-refractivity contribution in [3.63, 3.8) is 0 Å². The number of sulfonamides is 1. The quantitative estimate of drug-likeness (QED) is 0.591. The Morgan fingerprint density at radius 2 is 1.85 bits per heavy atom. The number of rotatable bonds is 8. The van der Waals surface area contributed by atoms with Gasteiger partial charge in [-0.25, -0.2) is 8.42 Å². The molecule has 34 heavy (non-hydrogen) atoms. The zero-order valence-corrected chi connectivity index (χ0v) is 20.3. The zero-order chi connectivity index (χ0) is 24.5. The van der Waals surface area contributed by atoms with Crippen LogP contribution in [0.25, 0.3) is 0 Å². The topological polar surface area (TPSA) is 114 Å². The summed E-state index contributed by atoms with van der Waals surface area (Å²) in [5.41, 5.74) is 2.36. The van der Waals surface area contributed by atoms with Gasteiger partial charge in [0, 0.05) is 25.2 Å². The molecule has 0 unspecified atom stereocenters. The summed E-state index contributed by atoms with van der Waals surface area (Å²) in [7, 11) is -3.96. The molecule has 2 aliphatic rings. The molecule has 0 saturated heterocycles. The summed E-state index contributed by atoms with van der Waals surface area (Å²) in [6.07, 6.45) is 0.979. The normalized spacial score (nSPS) is 15.4. The predicted octanol–water partition coefficient (Wildman–Crippen LogP) is 2.33. The molecule has 0 aliphatic carbocycles. The predicted molar refractivity (Wildman–Crippen MR) is 126 cm³/mol. The van der Waals surface area contributed by atoms with E-state index in [4.69, 9.17) is 9.47 Å². The third-order valence-electron chi connectivity index (χ3n) is 6.00. The lowest BCUT2D eigenvalue weighted by atomic mass is 10.0. The van der Waals surface area contributed by atoms with Crippen LogP contribution >= 0.6 is 0 Å². The molecule has 1 atom stereocenters. The Labute approximate surface area is 199 Å². The number of amides is 2. The molecule has 2 amide bonds. The van der Waals surface area contributed by atoms with Gasteiger partial charge in [-0.05, 0) is 53.8 Å². The van der Waals surface area contributed by atoms with Crippen molar-refractivity contribution in [1.29, 1.82) is 0 Å². The molecule has 0 radical (unpaired) electrons. The summed E-state index contributed by atoms with van der Waals surface area (Å²) in [6.45, 7) is 6.29. The van der Waals surface area contributed by atoms with E-state index in [1.54, 1.807) is 49.9 Å². The molecule has 2 aromatic carbocycles. The summed E-state index contributed by atoms with van der Waals surface area (Å²) in [5.74, 6) is 0.574. The second kappa shape index (κ2) is 9.63. The highest BCUT2D eigenvalue weighted by atomic mass is 32.2. The maximum Gasteiger partial charge on any atom is 0.241 e. The summed E-state index contributed by atoms with van der Waals surface area (Å²) in [5, 5.41) is 2.81. The van der Waals surface area contributed by atoms with Crippen LogP contribution in [-0.4, -0.2) is 39.6 Å². The number of hydrogen-bond donors (Lipinski definition) is 2. The standard InChI is InChI=1S/C24H29N3O6S/c1-4-22(28)27-10-9-17-12-18(6-7-19(17)27)34(30,31)26-23(15(2)3)24(29)25-13-16-5-8-20-21(11-16)33-14-32-20/h5-8,11-12,15,23,26H,4,9-10,13-14H2,1-3H3,(H,25,29)/t23-/m1/s1. The van der Waals surface area contributed by atoms with E-state index in [9.17, 15) is 18.0 Å². The van der Waals surface area contributed by atoms with Crippen LogP contribution in [0.5, 0.6) is 11.5 Å². The van der Waals surface area contributed by atoms with Crippen molar-refractivity contribution in [3.8, 4) is 11.5 Å². The van der Waals surface area contributed by atoms with Gasteiger partial charge in [-0.3, -0.25) is 9.59 Å². The molecule has 2 aliphatic heterocycles. The fourth-order valence-electron chi connectivity index (χ4n) is 4.07. The Balaban J connectivity index is 1.45. The molecule has 182 valence electrons. The van der Waals surface area contributed by atoms with Gasteiger partial charge in [0.25, 0.3) is 0 Å². The third-order valence-corrected chi connectivity index (χ3v) is 7.43. The Morgan fingerprint density at radius 3 is 2.59 bits per heavy atom. The monoisotopic (exact) mass is 487 g/mol. The second-order valence-electron chi connectivity index (χ2n) is 8.69. The molecule has 2 heterocycles. The molecular weight excluding hydrogens is 458 g/mol. The average molecular weight is 488 g/mol. The number of nitrogens with one attached hydrogen (secondary N) is 2. The average Bonchev–Trinajstić information content (AvgIpc) is 3.46. The lowest BCUT2D eigenvalue weighted by Crippen LogP contribution is -2.49. The second-order valence-corrected chi connectivity index (χ2v) is 10.4. The summed E-state index contributed by atoms with van der Waals surface area (Å²) in [6, 6.07) is 9.15. The van der Waals surface area contributed by atoms with Crippen LogP contribution < -0.4 is 24.4 Å². The van der Waals surface area contributed by atoms with Crippen molar-refractivity contribution in [2.24, 2.45) is 5.92 Å². The molecule has 10 heteroatoms. The van der Waals surface area contributed by atoms with Gasteiger partial charge in [-0.2, -0.15) is 4.72 Å². The van der Waals surface area contributed by atoms with Crippen LogP contribution in [-0.2, 0) is 32.6 Å². The van der Waals surface area contributed by atoms with Gasteiger partial charge in [0.2, 0.25) is 28.6 Å². The molecule has 0 spiro atoms. The largest absolute Gasteiger partial charge is 0.454 e. The lowest BCUT2D eigenvalue weighted by molar-refractivity contribution is -0.123. The minimum Gasteiger partial charge on any atom is -0.454 e. The van der Waals surface area contributed by atoms with E-state index in [1.807, 2.05) is 6.07 Å². The van der Waals surface area contributed by atoms with Crippen molar-refractivity contribution in [3.05, 3.63) is 47.5 Å². The number of hydrogen-bond acceptors (Lipinski definition) is 6. The number of carbonyl (C=O) groups is 2. The van der Waals surface area contributed by atoms with Gasteiger partial charge < -0.3 is 19.7 Å². The van der Waals surface area contributed by atoms with Gasteiger partial charge in [0.15, 0.2) is 11.5 Å². The van der Waals surface area contributed by atoms with Gasteiger partial charge in [0.1, 0.15) is 6.04 Å². The number of nitrogens with zero attached hydrogens (tertiary/aromatic N) is 1. The van der Waals surface area contributed by atoms with Crippen molar-refractivity contribution < 1.29 is 27.5 Å². The van der Waals surface area contributed by atoms with Gasteiger partial charge in [-0.1, -0.05) is 26.8 Å². The molecule has 0 fully saturated rings. The van der Waals surface area contributed by atoms with E-state index >= 15 is 0 Å². The fourth-order valence-corrected chi connectivity index (χ4v) is 5.47. The van der Waals surface area contributed by atoms with Crippen molar-refractivity contribution in [2.75, 3.05) is 18.2 Å². The molecule has 2 N–H and O–H groups in total. The Hall–Kier alpha value is -3.11. The van der Waals surface area contributed by atoms with Crippen molar-refractivity contribution in [1.82, 2.24) is 10.0 Å². The number of anilines is 1. The maximum absolute atomic E-state index is 13.1. The molecule has 0 saturated carbocycles. The maximum atomic E-state index is 13.1. The van der Waals surface area contributed by atoms with E-state index in [0.29, 0.717) is 30.9 Å². The first-order valence-corrected chi connectivity index (χ1v) is 12.8. The van der Waals surface area contributed by atoms with E-state index in [0.717, 1.165) is 16.8 Å².